The molecule has 2 rings (SSSR count). The maximum absolute atomic E-state index is 9.51. The minimum Gasteiger partial charge on any atom is -0.394 e. The highest BCUT2D eigenvalue weighted by Crippen LogP contribution is 2.24. The summed E-state index contributed by atoms with van der Waals surface area (Å²) in [5, 5.41) is 12.8. The molecule has 0 bridgehead atoms. The van der Waals surface area contributed by atoms with Crippen LogP contribution in [0.25, 0.3) is 0 Å². The highest BCUT2D eigenvalue weighted by Gasteiger charge is 2.33. The minimum absolute atomic E-state index is 0.0502. The summed E-state index contributed by atoms with van der Waals surface area (Å²) in [5.41, 5.74) is 0.631. The van der Waals surface area contributed by atoms with Gasteiger partial charge in [0.25, 0.3) is 0 Å². The van der Waals surface area contributed by atoms with Gasteiger partial charge in [0.15, 0.2) is 0 Å². The van der Waals surface area contributed by atoms with E-state index in [4.69, 9.17) is 4.74 Å². The lowest BCUT2D eigenvalue weighted by atomic mass is 9.91. The number of aliphatic hydroxyl groups is 1. The van der Waals surface area contributed by atoms with E-state index in [9.17, 15) is 5.11 Å². The molecule has 0 aromatic heterocycles. The van der Waals surface area contributed by atoms with E-state index < -0.39 is 5.54 Å². The van der Waals surface area contributed by atoms with Gasteiger partial charge >= 0.3 is 0 Å². The van der Waals surface area contributed by atoms with Crippen molar-refractivity contribution in [1.82, 2.24) is 5.32 Å². The van der Waals surface area contributed by atoms with Crippen LogP contribution in [-0.4, -0.2) is 31.5 Å². The summed E-state index contributed by atoms with van der Waals surface area (Å²) in [4.78, 5) is 0. The van der Waals surface area contributed by atoms with E-state index in [2.05, 4.69) is 21.2 Å². The standard InChI is InChI=1S/C11H14BrNO2/c12-10-3-1-9(2-4-10)11(7-14)8-15-6-5-13-11/h1-4,13-14H,5-8H2. The fraction of sp³-hybridized carbons (Fsp3) is 0.455. The predicted octanol–water partition coefficient (Wildman–Crippen LogP) is 1.26. The number of benzene rings is 1. The second-order valence-electron chi connectivity index (χ2n) is 3.73. The molecule has 1 aromatic carbocycles. The number of halogens is 1. The molecule has 1 heterocycles. The topological polar surface area (TPSA) is 41.5 Å². The third-order valence-electron chi connectivity index (χ3n) is 2.72. The molecule has 2 N–H and O–H groups in total. The number of hydrogen-bond donors (Lipinski definition) is 2. The van der Waals surface area contributed by atoms with Gasteiger partial charge in [-0.15, -0.1) is 0 Å². The van der Waals surface area contributed by atoms with E-state index in [0.29, 0.717) is 13.2 Å². The normalized spacial score (nSPS) is 26.5. The Morgan fingerprint density at radius 1 is 1.40 bits per heavy atom. The lowest BCUT2D eigenvalue weighted by molar-refractivity contribution is -0.00333. The maximum atomic E-state index is 9.51. The molecule has 15 heavy (non-hydrogen) atoms. The number of morpholine rings is 1. The van der Waals surface area contributed by atoms with Crippen LogP contribution in [0.5, 0.6) is 0 Å². The van der Waals surface area contributed by atoms with E-state index in [-0.39, 0.29) is 6.61 Å². The molecular formula is C11H14BrNO2. The van der Waals surface area contributed by atoms with Crippen LogP contribution >= 0.6 is 15.9 Å². The Bertz CT molecular complexity index is 320. The van der Waals surface area contributed by atoms with Gasteiger partial charge in [0.2, 0.25) is 0 Å². The molecule has 1 aliphatic rings. The molecule has 1 atom stereocenters. The fourth-order valence-corrected chi connectivity index (χ4v) is 2.07. The van der Waals surface area contributed by atoms with Gasteiger partial charge < -0.3 is 15.2 Å². The molecule has 0 aliphatic carbocycles. The van der Waals surface area contributed by atoms with Crippen molar-refractivity contribution in [3.63, 3.8) is 0 Å². The Morgan fingerprint density at radius 3 is 2.67 bits per heavy atom. The first kappa shape index (κ1) is 11.1. The number of ether oxygens (including phenoxy) is 1. The minimum atomic E-state index is -0.432. The molecule has 1 aliphatic heterocycles. The summed E-state index contributed by atoms with van der Waals surface area (Å²) in [7, 11) is 0. The van der Waals surface area contributed by atoms with Crippen LogP contribution in [0.2, 0.25) is 0 Å². The van der Waals surface area contributed by atoms with E-state index in [1.165, 1.54) is 0 Å². The van der Waals surface area contributed by atoms with Crippen LogP contribution in [0.4, 0.5) is 0 Å². The molecular weight excluding hydrogens is 258 g/mol. The highest BCUT2D eigenvalue weighted by molar-refractivity contribution is 9.10. The summed E-state index contributed by atoms with van der Waals surface area (Å²) in [6.45, 7) is 2.05. The largest absolute Gasteiger partial charge is 0.394 e. The SMILES string of the molecule is OCC1(c2ccc(Br)cc2)COCCN1. The van der Waals surface area contributed by atoms with Crippen LogP contribution in [-0.2, 0) is 10.3 Å². The van der Waals surface area contributed by atoms with Gasteiger partial charge in [-0.3, -0.25) is 0 Å². The zero-order valence-corrected chi connectivity index (χ0v) is 9.96. The molecule has 0 saturated carbocycles. The van der Waals surface area contributed by atoms with Crippen LogP contribution in [0.1, 0.15) is 5.56 Å². The molecule has 0 amide bonds. The van der Waals surface area contributed by atoms with Gasteiger partial charge in [-0.1, -0.05) is 28.1 Å². The van der Waals surface area contributed by atoms with E-state index >= 15 is 0 Å². The molecule has 1 aromatic rings. The summed E-state index contributed by atoms with van der Waals surface area (Å²) in [5.74, 6) is 0. The van der Waals surface area contributed by atoms with Gasteiger partial charge in [-0.05, 0) is 17.7 Å². The first-order valence-corrected chi connectivity index (χ1v) is 5.76. The Labute approximate surface area is 97.6 Å². The summed E-state index contributed by atoms with van der Waals surface area (Å²) < 4.78 is 6.46. The fourth-order valence-electron chi connectivity index (χ4n) is 1.81. The monoisotopic (exact) mass is 271 g/mol. The molecule has 1 fully saturated rings. The van der Waals surface area contributed by atoms with Crippen molar-refractivity contribution in [3.8, 4) is 0 Å². The lowest BCUT2D eigenvalue weighted by Gasteiger charge is -2.37. The van der Waals surface area contributed by atoms with Gasteiger partial charge in [0, 0.05) is 11.0 Å². The molecule has 1 saturated heterocycles. The lowest BCUT2D eigenvalue weighted by Crippen LogP contribution is -2.54. The van der Waals surface area contributed by atoms with Crippen LogP contribution < -0.4 is 5.32 Å². The Kier molecular flexibility index (Phi) is 3.41. The first-order valence-electron chi connectivity index (χ1n) is 4.96. The van der Waals surface area contributed by atoms with Crippen molar-refractivity contribution in [2.24, 2.45) is 0 Å². The molecule has 1 unspecified atom stereocenters. The summed E-state index contributed by atoms with van der Waals surface area (Å²) in [6.07, 6.45) is 0. The second-order valence-corrected chi connectivity index (χ2v) is 4.64. The van der Waals surface area contributed by atoms with Crippen LogP contribution in [0, 0.1) is 0 Å². The quantitative estimate of drug-likeness (QED) is 0.851. The molecule has 3 nitrogen and oxygen atoms in total. The number of hydrogen-bond acceptors (Lipinski definition) is 3. The summed E-state index contributed by atoms with van der Waals surface area (Å²) >= 11 is 3.39. The smallest absolute Gasteiger partial charge is 0.0906 e. The zero-order valence-electron chi connectivity index (χ0n) is 8.37. The van der Waals surface area contributed by atoms with E-state index in [1.54, 1.807) is 0 Å². The van der Waals surface area contributed by atoms with E-state index in [1.807, 2.05) is 24.3 Å². The van der Waals surface area contributed by atoms with Crippen LogP contribution in [0.15, 0.2) is 28.7 Å². The maximum Gasteiger partial charge on any atom is 0.0906 e. The Balaban J connectivity index is 2.28. The molecule has 0 spiro atoms. The highest BCUT2D eigenvalue weighted by atomic mass is 79.9. The van der Waals surface area contributed by atoms with Crippen molar-refractivity contribution in [2.75, 3.05) is 26.4 Å². The average Bonchev–Trinajstić information content (AvgIpc) is 2.31. The molecule has 4 heteroatoms. The average molecular weight is 272 g/mol. The Morgan fingerprint density at radius 2 is 2.13 bits per heavy atom. The van der Waals surface area contributed by atoms with Crippen molar-refractivity contribution in [3.05, 3.63) is 34.3 Å². The number of aliphatic hydroxyl groups excluding tert-OH is 1. The van der Waals surface area contributed by atoms with Crippen molar-refractivity contribution < 1.29 is 9.84 Å². The van der Waals surface area contributed by atoms with Gasteiger partial charge in [-0.2, -0.15) is 0 Å². The van der Waals surface area contributed by atoms with Crippen molar-refractivity contribution in [2.45, 2.75) is 5.54 Å². The Hall–Kier alpha value is -0.420. The van der Waals surface area contributed by atoms with Gasteiger partial charge in [0.1, 0.15) is 0 Å². The molecule has 0 radical (unpaired) electrons. The number of rotatable bonds is 2. The van der Waals surface area contributed by atoms with Gasteiger partial charge in [-0.25, -0.2) is 0 Å². The van der Waals surface area contributed by atoms with E-state index in [0.717, 1.165) is 16.6 Å². The summed E-state index contributed by atoms with van der Waals surface area (Å²) in [6, 6.07) is 7.95. The van der Waals surface area contributed by atoms with Gasteiger partial charge in [0.05, 0.1) is 25.4 Å². The third kappa shape index (κ3) is 2.23. The van der Waals surface area contributed by atoms with Crippen molar-refractivity contribution >= 4 is 15.9 Å². The number of nitrogens with one attached hydrogen (secondary N) is 1. The zero-order chi connectivity index (χ0) is 10.7. The second kappa shape index (κ2) is 4.61. The first-order chi connectivity index (χ1) is 7.27. The van der Waals surface area contributed by atoms with Crippen molar-refractivity contribution in [1.29, 1.82) is 0 Å². The predicted molar refractivity (Wildman–Crippen MR) is 61.7 cm³/mol. The molecule has 82 valence electrons. The van der Waals surface area contributed by atoms with Crippen LogP contribution in [0.3, 0.4) is 0 Å². The third-order valence-corrected chi connectivity index (χ3v) is 3.25.